The first-order chi connectivity index (χ1) is 64.7. The standard InChI is InChI=1S/C31H32NSi.C25H17FN.C24H15FN.3C15H28O2.3Ir/c1-20-19-32-30(23-16-21-10-8-9-11-25(21)28(18-23)33(5,6)7)27-14-12-22-17-24(31(2,3)4)13-15-26(22)29(20)27;1-15-7-9-20-19(11-15)8-10-21-24(20)16(2)14-27-25(21)22-12-17-5-3-4-6-18(17)13-23(22)26;1-15-6-8-19-18(12-15)7-9-21-20(19)10-11-26-24(21)22-13-16-4-2-3-5-17(16)14-23(22)25;3*1-7-14(5,8-2)12(16)11-13(17)15(6,9-3)10-4;;;/h8-15,17-19H,1-7H3;3-11,13-14H,1-2H3;2-12,14H,1H3;3*11,16H,7-10H2,1-6H3;;;/q3*-1;;;;;;. The van der Waals surface area contributed by atoms with Crippen molar-refractivity contribution in [3.8, 4) is 33.8 Å². The molecule has 0 bridgehead atoms. The monoisotopic (exact) mass is 2430 g/mol. The fourth-order valence-corrected chi connectivity index (χ4v) is 19.1. The first-order valence-electron chi connectivity index (χ1n) is 49.7. The molecule has 0 aliphatic rings. The fraction of sp³-hybridized carbons (Fsp3) is 0.376. The molecule has 3 radical (unpaired) electrons. The normalized spacial score (nSPS) is 12.4. The van der Waals surface area contributed by atoms with Crippen LogP contribution in [0, 0.1) is 90.0 Å². The molecule has 0 spiro atoms. The van der Waals surface area contributed by atoms with E-state index in [1.54, 1.807) is 18.3 Å². The summed E-state index contributed by atoms with van der Waals surface area (Å²) < 4.78 is 29.8. The van der Waals surface area contributed by atoms with Crippen molar-refractivity contribution in [2.45, 2.75) is 275 Å². The van der Waals surface area contributed by atoms with Gasteiger partial charge in [0.25, 0.3) is 0 Å². The van der Waals surface area contributed by atoms with E-state index in [0.717, 1.165) is 142 Å². The summed E-state index contributed by atoms with van der Waals surface area (Å²) in [5, 5.41) is 51.7. The van der Waals surface area contributed by atoms with Crippen molar-refractivity contribution in [3.63, 3.8) is 0 Å². The number of fused-ring (bicyclic) bond motifs is 12. The van der Waals surface area contributed by atoms with Crippen LogP contribution in [-0.4, -0.2) is 55.7 Å². The van der Waals surface area contributed by atoms with Crippen LogP contribution in [0.15, 0.2) is 242 Å². The number of aliphatic hydroxyl groups is 3. The molecule has 15 aromatic rings. The average molecular weight is 2430 g/mol. The van der Waals surface area contributed by atoms with Crippen LogP contribution < -0.4 is 5.19 Å². The molecule has 15 heteroatoms. The molecule has 0 saturated heterocycles. The number of hydrogen-bond acceptors (Lipinski definition) is 9. The van der Waals surface area contributed by atoms with Gasteiger partial charge in [-0.05, 0) is 198 Å². The molecule has 747 valence electrons. The number of carbonyl (C=O) groups is 3. The summed E-state index contributed by atoms with van der Waals surface area (Å²) in [5.41, 5.74) is 8.68. The number of aryl methyl sites for hydroxylation is 4. The maximum atomic E-state index is 14.9. The van der Waals surface area contributed by atoms with Crippen molar-refractivity contribution in [2.24, 2.45) is 32.5 Å². The number of rotatable bonds is 25. The molecule has 3 N–H and O–H groups in total. The maximum absolute atomic E-state index is 14.9. The molecule has 0 unspecified atom stereocenters. The van der Waals surface area contributed by atoms with Crippen molar-refractivity contribution in [1.29, 1.82) is 0 Å². The van der Waals surface area contributed by atoms with Crippen molar-refractivity contribution in [3.05, 3.63) is 300 Å². The molecule has 0 amide bonds. The van der Waals surface area contributed by atoms with Gasteiger partial charge in [-0.2, -0.15) is 0 Å². The Hall–Kier alpha value is -9.92. The number of aliphatic hydroxyl groups excluding tert-OH is 3. The number of aromatic nitrogens is 3. The van der Waals surface area contributed by atoms with Gasteiger partial charge in [-0.15, -0.1) is 63.8 Å². The molecule has 0 aliphatic heterocycles. The molecule has 140 heavy (non-hydrogen) atoms. The summed E-state index contributed by atoms with van der Waals surface area (Å²) in [5.74, 6) is 0.263. The van der Waals surface area contributed by atoms with Crippen LogP contribution in [0.5, 0.6) is 0 Å². The number of allylic oxidation sites excluding steroid dienone is 6. The molecular formula is C125H148F2Ir3N3O6Si-3. The zero-order valence-corrected chi connectivity index (χ0v) is 96.2. The Labute approximate surface area is 875 Å². The van der Waals surface area contributed by atoms with Gasteiger partial charge in [0.05, 0.1) is 19.7 Å². The first kappa shape index (κ1) is 117. The second kappa shape index (κ2) is 49.4. The Morgan fingerprint density at radius 3 is 1.07 bits per heavy atom. The van der Waals surface area contributed by atoms with Crippen molar-refractivity contribution in [2.75, 3.05) is 0 Å². The molecule has 0 fully saturated rings. The number of ketones is 3. The fourth-order valence-electron chi connectivity index (χ4n) is 17.5. The minimum atomic E-state index is -1.56. The number of halogens is 2. The third-order valence-electron chi connectivity index (χ3n) is 30.7. The molecule has 12 aromatic carbocycles. The van der Waals surface area contributed by atoms with Crippen LogP contribution in [0.3, 0.4) is 0 Å². The second-order valence-electron chi connectivity index (χ2n) is 41.4. The van der Waals surface area contributed by atoms with Crippen LogP contribution in [0.2, 0.25) is 19.6 Å². The summed E-state index contributed by atoms with van der Waals surface area (Å²) in [6, 6.07) is 74.2. The van der Waals surface area contributed by atoms with Crippen LogP contribution in [-0.2, 0) is 80.1 Å². The van der Waals surface area contributed by atoms with Crippen LogP contribution in [0.4, 0.5) is 8.78 Å². The van der Waals surface area contributed by atoms with E-state index in [2.05, 4.69) is 212 Å². The van der Waals surface area contributed by atoms with Crippen molar-refractivity contribution in [1.82, 2.24) is 15.0 Å². The molecule has 0 aliphatic carbocycles. The number of pyridine rings is 3. The van der Waals surface area contributed by atoms with Gasteiger partial charge < -0.3 is 15.3 Å². The Kier molecular flexibility index (Phi) is 41.3. The van der Waals surface area contributed by atoms with Gasteiger partial charge in [-0.3, -0.25) is 38.1 Å². The smallest absolute Gasteiger partial charge is 0.164 e. The summed E-state index contributed by atoms with van der Waals surface area (Å²) in [6.07, 6.45) is 19.9. The third-order valence-corrected chi connectivity index (χ3v) is 32.7. The number of benzene rings is 12. The van der Waals surface area contributed by atoms with E-state index < -0.39 is 8.07 Å². The predicted molar refractivity (Wildman–Crippen MR) is 583 cm³/mol. The second-order valence-corrected chi connectivity index (χ2v) is 46.4. The summed E-state index contributed by atoms with van der Waals surface area (Å²) in [6.45, 7) is 58.7. The first-order valence-corrected chi connectivity index (χ1v) is 53.2. The average Bonchev–Trinajstić information content (AvgIpc) is 0.741. The quantitative estimate of drug-likeness (QED) is 0.0167. The molecule has 15 rings (SSSR count). The van der Waals surface area contributed by atoms with Gasteiger partial charge in [0, 0.05) is 147 Å². The largest absolute Gasteiger partial charge is 0.512 e. The van der Waals surface area contributed by atoms with Crippen molar-refractivity contribution < 1.29 is 98.8 Å². The van der Waals surface area contributed by atoms with Gasteiger partial charge in [0.2, 0.25) is 0 Å². The summed E-state index contributed by atoms with van der Waals surface area (Å²) in [4.78, 5) is 50.6. The number of hydrogen-bond donors (Lipinski definition) is 3. The van der Waals surface area contributed by atoms with Crippen molar-refractivity contribution >= 4 is 128 Å². The van der Waals surface area contributed by atoms with E-state index in [4.69, 9.17) is 4.98 Å². The molecule has 0 saturated carbocycles. The van der Waals surface area contributed by atoms with E-state index in [1.165, 1.54) is 94.1 Å². The Morgan fingerprint density at radius 2 is 0.671 bits per heavy atom. The van der Waals surface area contributed by atoms with Gasteiger partial charge in [-0.25, -0.2) is 0 Å². The Balaban J connectivity index is 0.000000232. The Bertz CT molecular complexity index is 6870. The minimum absolute atomic E-state index is 0. The topological polar surface area (TPSA) is 151 Å². The molecule has 3 aromatic heterocycles. The maximum Gasteiger partial charge on any atom is 0.164 e. The molecule has 0 atom stereocenters. The molecule has 9 nitrogen and oxygen atoms in total. The van der Waals surface area contributed by atoms with Gasteiger partial charge in [0.1, 0.15) is 17.3 Å². The number of carbonyl (C=O) groups excluding carboxylic acids is 3. The van der Waals surface area contributed by atoms with E-state index in [1.807, 2.05) is 198 Å². The minimum Gasteiger partial charge on any atom is -0.512 e. The van der Waals surface area contributed by atoms with Crippen LogP contribution >= 0.6 is 0 Å². The zero-order valence-electron chi connectivity index (χ0n) is 88.0. The van der Waals surface area contributed by atoms with Gasteiger partial charge >= 0.3 is 0 Å². The Morgan fingerprint density at radius 1 is 0.336 bits per heavy atom. The summed E-state index contributed by atoms with van der Waals surface area (Å²) in [7, 11) is -1.56. The zero-order chi connectivity index (χ0) is 101. The van der Waals surface area contributed by atoms with Crippen LogP contribution in [0.1, 0.15) is 250 Å². The van der Waals surface area contributed by atoms with E-state index in [-0.39, 0.29) is 144 Å². The van der Waals surface area contributed by atoms with Gasteiger partial charge in [0.15, 0.2) is 17.3 Å². The van der Waals surface area contributed by atoms with E-state index in [9.17, 15) is 38.5 Å². The van der Waals surface area contributed by atoms with E-state index >= 15 is 0 Å². The number of nitrogens with zero attached hydrogens (tertiary/aromatic N) is 3. The summed E-state index contributed by atoms with van der Waals surface area (Å²) >= 11 is 0. The van der Waals surface area contributed by atoms with E-state index in [0.29, 0.717) is 22.5 Å². The predicted octanol–water partition coefficient (Wildman–Crippen LogP) is 35.3. The van der Waals surface area contributed by atoms with Gasteiger partial charge in [-0.1, -0.05) is 367 Å². The third kappa shape index (κ3) is 26.2. The van der Waals surface area contributed by atoms with Crippen LogP contribution in [0.25, 0.3) is 131 Å². The molecular weight excluding hydrogens is 2280 g/mol. The molecule has 3 heterocycles. The SMILES string of the molecule is CCC(C)(CC)C(=O)C=C(O)C(C)(CC)CC.CCC(C)(CC)C(=O)C=C(O)C(C)(CC)CC.CCC(C)(CC)C(=O)C=C(O)C(C)(CC)CC.Cc1ccc2c(ccc3c(-c4[c-]c5ccccc5cc4F)ncc(C)c32)c1.Cc1ccc2c(ccc3c(-c4[c-]c5ccccc5cc4F)nccc32)c1.Cc1cnc(-c2[c-]c3ccccc3c([Si](C)(C)C)c2)c2ccc3cc(C(C)(C)C)ccc3c12.[Ir].[Ir].[Ir].